The summed E-state index contributed by atoms with van der Waals surface area (Å²) in [7, 11) is 0. The van der Waals surface area contributed by atoms with E-state index in [2.05, 4.69) is 26.7 Å². The summed E-state index contributed by atoms with van der Waals surface area (Å²) in [6.07, 6.45) is 1.24. The van der Waals surface area contributed by atoms with Crippen molar-refractivity contribution in [3.63, 3.8) is 0 Å². The average Bonchev–Trinajstić information content (AvgIpc) is 2.68. The fourth-order valence-electron chi connectivity index (χ4n) is 3.08. The fraction of sp³-hybridized carbons (Fsp3) is 0.360. The number of hydrogen-bond donors (Lipinski definition) is 2. The first kappa shape index (κ1) is 24.8. The third kappa shape index (κ3) is 7.98. The number of rotatable bonds is 5. The lowest BCUT2D eigenvalue weighted by atomic mass is 10.0. The Morgan fingerprint density at radius 2 is 1.75 bits per heavy atom. The molecule has 0 saturated carbocycles. The topological polar surface area (TPSA) is 92.7 Å². The van der Waals surface area contributed by atoms with Gasteiger partial charge in [0.25, 0.3) is 0 Å². The number of carbonyl (C=O) groups is 2. The van der Waals surface area contributed by atoms with E-state index in [9.17, 15) is 9.59 Å². The third-order valence-corrected chi connectivity index (χ3v) is 4.25. The average molecular weight is 437 g/mol. The van der Waals surface area contributed by atoms with Gasteiger partial charge in [-0.05, 0) is 77.8 Å². The van der Waals surface area contributed by atoms with Crippen molar-refractivity contribution in [3.05, 3.63) is 59.4 Å². The maximum absolute atomic E-state index is 12.1. The Balaban J connectivity index is 2.09. The highest BCUT2D eigenvalue weighted by Crippen LogP contribution is 2.25. The lowest BCUT2D eigenvalue weighted by Gasteiger charge is -2.19. The molecule has 0 fully saturated rings. The van der Waals surface area contributed by atoms with Crippen LogP contribution >= 0.6 is 0 Å². The minimum Gasteiger partial charge on any atom is -0.444 e. The van der Waals surface area contributed by atoms with Crippen LogP contribution in [0.25, 0.3) is 16.8 Å². The molecule has 0 saturated heterocycles. The van der Waals surface area contributed by atoms with Crippen LogP contribution in [-0.2, 0) is 9.53 Å². The van der Waals surface area contributed by atoms with Crippen molar-refractivity contribution < 1.29 is 14.3 Å². The molecule has 7 heteroatoms. The fourth-order valence-corrected chi connectivity index (χ4v) is 3.08. The summed E-state index contributed by atoms with van der Waals surface area (Å²) in [5.74, 6) is 0.0409. The van der Waals surface area contributed by atoms with E-state index < -0.39 is 11.7 Å². The number of carbonyl (C=O) groups excluding carboxylic acids is 2. The van der Waals surface area contributed by atoms with E-state index >= 15 is 0 Å². The molecular formula is C25H32N4O3. The lowest BCUT2D eigenvalue weighted by molar-refractivity contribution is -0.118. The summed E-state index contributed by atoms with van der Waals surface area (Å²) in [5.41, 5.74) is 5.12. The van der Waals surface area contributed by atoms with Crippen LogP contribution in [0, 0.1) is 13.8 Å². The van der Waals surface area contributed by atoms with Crippen LogP contribution in [-0.4, -0.2) is 35.0 Å². The molecule has 170 valence electrons. The van der Waals surface area contributed by atoms with Crippen molar-refractivity contribution in [1.82, 2.24) is 15.6 Å². The number of aromatic nitrogens is 1. The van der Waals surface area contributed by atoms with Crippen molar-refractivity contribution in [1.29, 1.82) is 0 Å². The molecule has 2 amide bonds. The Kier molecular flexibility index (Phi) is 8.29. The Labute approximate surface area is 190 Å². The standard InChI is InChI=1S/C25H32N4O3/c1-8-22(28-18(4)29-23(30)15-26-24(31)32-25(5,6)7)20-11-9-10-19(14-20)21-12-16(2)27-17(3)13-21/h8-14H,15H2,1-7H3,(H,26,31)(H,28,29,30)/b22-8-. The number of nitrogens with one attached hydrogen (secondary N) is 2. The molecule has 0 aliphatic rings. The van der Waals surface area contributed by atoms with Gasteiger partial charge in [-0.25, -0.2) is 9.79 Å². The van der Waals surface area contributed by atoms with Crippen LogP contribution < -0.4 is 10.6 Å². The van der Waals surface area contributed by atoms with E-state index in [1.54, 1.807) is 27.7 Å². The first-order valence-electron chi connectivity index (χ1n) is 10.5. The van der Waals surface area contributed by atoms with Gasteiger partial charge < -0.3 is 15.4 Å². The number of nitrogens with zero attached hydrogens (tertiary/aromatic N) is 2. The van der Waals surface area contributed by atoms with Crippen molar-refractivity contribution in [2.24, 2.45) is 4.99 Å². The van der Waals surface area contributed by atoms with Crippen molar-refractivity contribution in [3.8, 4) is 11.1 Å². The summed E-state index contributed by atoms with van der Waals surface area (Å²) in [6.45, 7) is 12.6. The molecule has 0 radical (unpaired) electrons. The zero-order valence-corrected chi connectivity index (χ0v) is 19.9. The molecule has 0 atom stereocenters. The number of benzene rings is 1. The van der Waals surface area contributed by atoms with Gasteiger partial charge in [0.05, 0.1) is 5.70 Å². The quantitative estimate of drug-likeness (QED) is 0.521. The zero-order valence-electron chi connectivity index (χ0n) is 19.9. The third-order valence-electron chi connectivity index (χ3n) is 4.25. The molecule has 1 heterocycles. The molecule has 32 heavy (non-hydrogen) atoms. The van der Waals surface area contributed by atoms with E-state index in [1.165, 1.54) is 0 Å². The zero-order chi connectivity index (χ0) is 23.9. The second-order valence-electron chi connectivity index (χ2n) is 8.49. The summed E-state index contributed by atoms with van der Waals surface area (Å²) in [4.78, 5) is 32.8. The first-order valence-corrected chi connectivity index (χ1v) is 10.5. The molecule has 2 aromatic rings. The van der Waals surface area contributed by atoms with E-state index in [0.717, 1.165) is 33.8 Å². The Morgan fingerprint density at radius 3 is 2.34 bits per heavy atom. The van der Waals surface area contributed by atoms with E-state index in [-0.39, 0.29) is 12.5 Å². The molecule has 7 nitrogen and oxygen atoms in total. The summed E-state index contributed by atoms with van der Waals surface area (Å²) in [6, 6.07) is 12.2. The van der Waals surface area contributed by atoms with Crippen LogP contribution in [0.15, 0.2) is 47.5 Å². The van der Waals surface area contributed by atoms with Crippen LogP contribution in [0.1, 0.15) is 51.6 Å². The minimum atomic E-state index is -0.644. The number of ether oxygens (including phenoxy) is 1. The first-order chi connectivity index (χ1) is 15.0. The Bertz CT molecular complexity index is 1030. The molecule has 1 aromatic carbocycles. The highest BCUT2D eigenvalue weighted by Gasteiger charge is 2.16. The predicted octanol–water partition coefficient (Wildman–Crippen LogP) is 4.79. The SMILES string of the molecule is C/C=C(\N=C(/C)NC(=O)CNC(=O)OC(C)(C)C)c1cccc(-c2cc(C)nc(C)c2)c1. The van der Waals surface area contributed by atoms with Gasteiger partial charge in [-0.15, -0.1) is 0 Å². The number of alkyl carbamates (subject to hydrolysis) is 1. The highest BCUT2D eigenvalue weighted by atomic mass is 16.6. The van der Waals surface area contributed by atoms with Gasteiger partial charge in [-0.3, -0.25) is 9.78 Å². The number of amides is 2. The maximum Gasteiger partial charge on any atom is 0.408 e. The summed E-state index contributed by atoms with van der Waals surface area (Å²) >= 11 is 0. The largest absolute Gasteiger partial charge is 0.444 e. The van der Waals surface area contributed by atoms with Gasteiger partial charge in [0.2, 0.25) is 5.91 Å². The van der Waals surface area contributed by atoms with Gasteiger partial charge in [0.15, 0.2) is 0 Å². The molecule has 0 spiro atoms. The van der Waals surface area contributed by atoms with Crippen LogP contribution in [0.4, 0.5) is 4.79 Å². The lowest BCUT2D eigenvalue weighted by Crippen LogP contribution is -2.41. The smallest absolute Gasteiger partial charge is 0.408 e. The number of hydrogen-bond acceptors (Lipinski definition) is 5. The predicted molar refractivity (Wildman–Crippen MR) is 128 cm³/mol. The molecule has 0 bridgehead atoms. The van der Waals surface area contributed by atoms with Gasteiger partial charge in [-0.1, -0.05) is 24.3 Å². The number of pyridine rings is 1. The monoisotopic (exact) mass is 436 g/mol. The number of aryl methyl sites for hydroxylation is 2. The van der Waals surface area contributed by atoms with Crippen LogP contribution in [0.5, 0.6) is 0 Å². The molecule has 1 aromatic heterocycles. The molecule has 0 aliphatic heterocycles. The van der Waals surface area contributed by atoms with Crippen molar-refractivity contribution >= 4 is 23.5 Å². The van der Waals surface area contributed by atoms with Gasteiger partial charge in [-0.2, -0.15) is 0 Å². The van der Waals surface area contributed by atoms with Crippen LogP contribution in [0.2, 0.25) is 0 Å². The van der Waals surface area contributed by atoms with E-state index in [0.29, 0.717) is 5.84 Å². The second kappa shape index (κ2) is 10.7. The number of allylic oxidation sites excluding steroid dienone is 1. The Hall–Kier alpha value is -3.48. The van der Waals surface area contributed by atoms with E-state index in [4.69, 9.17) is 4.74 Å². The highest BCUT2D eigenvalue weighted by molar-refractivity contribution is 6.00. The van der Waals surface area contributed by atoms with Crippen molar-refractivity contribution in [2.45, 2.75) is 54.1 Å². The van der Waals surface area contributed by atoms with E-state index in [1.807, 2.05) is 57.2 Å². The minimum absolute atomic E-state index is 0.205. The van der Waals surface area contributed by atoms with Crippen LogP contribution in [0.3, 0.4) is 0 Å². The molecular weight excluding hydrogens is 404 g/mol. The van der Waals surface area contributed by atoms with Gasteiger partial charge >= 0.3 is 6.09 Å². The molecule has 0 aliphatic carbocycles. The molecule has 2 rings (SSSR count). The summed E-state index contributed by atoms with van der Waals surface area (Å²) in [5, 5.41) is 5.12. The molecule has 2 N–H and O–H groups in total. The van der Waals surface area contributed by atoms with Crippen molar-refractivity contribution in [2.75, 3.05) is 6.54 Å². The maximum atomic E-state index is 12.1. The van der Waals surface area contributed by atoms with Gasteiger partial charge in [0.1, 0.15) is 18.0 Å². The second-order valence-corrected chi connectivity index (χ2v) is 8.49. The Morgan fingerprint density at radius 1 is 1.09 bits per heavy atom. The summed E-state index contributed by atoms with van der Waals surface area (Å²) < 4.78 is 5.12. The molecule has 0 unspecified atom stereocenters. The number of amidine groups is 1. The number of aliphatic imine (C=N–C) groups is 1. The normalized spacial score (nSPS) is 12.3. The van der Waals surface area contributed by atoms with Gasteiger partial charge in [0, 0.05) is 17.0 Å².